The molecule has 0 saturated carbocycles. The summed E-state index contributed by atoms with van der Waals surface area (Å²) in [6.07, 6.45) is 0.216. The lowest BCUT2D eigenvalue weighted by Crippen LogP contribution is -2.40. The molecule has 0 aliphatic heterocycles. The van der Waals surface area contributed by atoms with Crippen molar-refractivity contribution in [3.05, 3.63) is 0 Å². The average Bonchev–Trinajstić information content (AvgIpc) is 2.03. The third-order valence-electron chi connectivity index (χ3n) is 2.57. The van der Waals surface area contributed by atoms with Crippen LogP contribution in [0.5, 0.6) is 0 Å². The summed E-state index contributed by atoms with van der Waals surface area (Å²) in [5.74, 6) is 0. The maximum atomic E-state index is 7.46. The molecule has 0 aromatic heterocycles. The van der Waals surface area contributed by atoms with Crippen molar-refractivity contribution in [2.45, 2.75) is 45.9 Å². The molecule has 6 N–H and O–H groups in total. The third kappa shape index (κ3) is 4.91. The summed E-state index contributed by atoms with van der Waals surface area (Å²) in [4.78, 5) is 0. The second-order valence-electron chi connectivity index (χ2n) is 5.03. The summed E-state index contributed by atoms with van der Waals surface area (Å²) < 4.78 is 5.60. The van der Waals surface area contributed by atoms with Crippen LogP contribution in [0.25, 0.3) is 0 Å². The van der Waals surface area contributed by atoms with Gasteiger partial charge in [0.25, 0.3) is 0 Å². The Morgan fingerprint density at radius 3 is 2.14 bits per heavy atom. The van der Waals surface area contributed by atoms with E-state index in [-0.39, 0.29) is 11.0 Å². The van der Waals surface area contributed by atoms with Crippen molar-refractivity contribution in [1.82, 2.24) is 0 Å². The van der Waals surface area contributed by atoms with Gasteiger partial charge in [0.15, 0.2) is 0 Å². The fourth-order valence-corrected chi connectivity index (χ4v) is 0.805. The predicted octanol–water partition coefficient (Wildman–Crippen LogP) is 0.166. The zero-order chi connectivity index (χ0) is 11.4. The molecule has 86 valence electrons. The molecule has 0 aromatic carbocycles. The fourth-order valence-electron chi connectivity index (χ4n) is 0.805. The standard InChI is InChI=1S/C10H24N2O2/c1-9(2,8(12)13)5-6-14-10(3,4)7-11/h8,13H,5-7,11-12H2,1-4H3/p+1. The van der Waals surface area contributed by atoms with Crippen LogP contribution in [0.15, 0.2) is 0 Å². The first kappa shape index (κ1) is 13.8. The van der Waals surface area contributed by atoms with Gasteiger partial charge in [0.05, 0.1) is 11.0 Å². The van der Waals surface area contributed by atoms with Gasteiger partial charge in [-0.2, -0.15) is 0 Å². The molecule has 0 radical (unpaired) electrons. The minimum Gasteiger partial charge on any atom is -0.431 e. The van der Waals surface area contributed by atoms with Crippen molar-refractivity contribution >= 4 is 0 Å². The Bertz CT molecular complexity index is 168. The monoisotopic (exact) mass is 205 g/mol. The quantitative estimate of drug-likeness (QED) is 0.479. The summed E-state index contributed by atoms with van der Waals surface area (Å²) in [6.45, 7) is 8.97. The highest BCUT2D eigenvalue weighted by molar-refractivity contribution is 4.75. The molecule has 0 saturated heterocycles. The Kier molecular flexibility index (Phi) is 5.01. The van der Waals surface area contributed by atoms with Crippen LogP contribution in [0.1, 0.15) is 34.1 Å². The van der Waals surface area contributed by atoms with Gasteiger partial charge in [-0.25, -0.2) is 0 Å². The van der Waals surface area contributed by atoms with Gasteiger partial charge in [-0.15, -0.1) is 0 Å². The molecular weight excluding hydrogens is 180 g/mol. The van der Waals surface area contributed by atoms with Crippen molar-refractivity contribution in [3.8, 4) is 0 Å². The SMILES string of the molecule is CC(C)(CN)OCCC(C)(C)C(N)[OH2+]. The fraction of sp³-hybridized carbons (Fsp3) is 1.00. The first-order valence-electron chi connectivity index (χ1n) is 5.02. The summed E-state index contributed by atoms with van der Waals surface area (Å²) in [5.41, 5.74) is 10.6. The van der Waals surface area contributed by atoms with Crippen molar-refractivity contribution in [2.75, 3.05) is 13.2 Å². The second kappa shape index (κ2) is 5.07. The largest absolute Gasteiger partial charge is 0.431 e. The Balaban J connectivity index is 3.85. The van der Waals surface area contributed by atoms with Crippen molar-refractivity contribution < 1.29 is 9.84 Å². The molecule has 4 heteroatoms. The summed E-state index contributed by atoms with van der Waals surface area (Å²) in [6, 6.07) is 0. The number of ether oxygens (including phenoxy) is 1. The van der Waals surface area contributed by atoms with Gasteiger partial charge in [0.1, 0.15) is 0 Å². The number of nitrogens with two attached hydrogens (primary N) is 2. The highest BCUT2D eigenvalue weighted by atomic mass is 16.5. The molecule has 1 atom stereocenters. The molecule has 0 heterocycles. The van der Waals surface area contributed by atoms with Crippen molar-refractivity contribution in [2.24, 2.45) is 16.9 Å². The van der Waals surface area contributed by atoms with E-state index in [0.29, 0.717) is 13.2 Å². The number of hydrogen-bond donors (Lipinski definition) is 2. The minimum atomic E-state index is -0.563. The maximum Gasteiger partial charge on any atom is 0.213 e. The van der Waals surface area contributed by atoms with Crippen LogP contribution in [0.2, 0.25) is 0 Å². The number of rotatable bonds is 6. The average molecular weight is 205 g/mol. The zero-order valence-electron chi connectivity index (χ0n) is 9.76. The van der Waals surface area contributed by atoms with Crippen molar-refractivity contribution in [1.29, 1.82) is 0 Å². The molecule has 1 unspecified atom stereocenters. The van der Waals surface area contributed by atoms with Crippen LogP contribution in [0.3, 0.4) is 0 Å². The molecule has 0 spiro atoms. The van der Waals surface area contributed by atoms with Crippen molar-refractivity contribution in [3.63, 3.8) is 0 Å². The van der Waals surface area contributed by atoms with E-state index in [1.807, 2.05) is 27.7 Å². The van der Waals surface area contributed by atoms with Gasteiger partial charge < -0.3 is 15.6 Å². The molecule has 0 aliphatic carbocycles. The van der Waals surface area contributed by atoms with Gasteiger partial charge in [0, 0.05) is 13.2 Å². The van der Waals surface area contributed by atoms with Gasteiger partial charge >= 0.3 is 0 Å². The van der Waals surface area contributed by atoms with Crippen LogP contribution in [-0.2, 0) is 4.74 Å². The van der Waals surface area contributed by atoms with E-state index in [0.717, 1.165) is 6.42 Å². The molecule has 0 rings (SSSR count). The highest BCUT2D eigenvalue weighted by Gasteiger charge is 2.29. The van der Waals surface area contributed by atoms with E-state index in [1.165, 1.54) is 0 Å². The summed E-state index contributed by atoms with van der Waals surface area (Å²) in [7, 11) is 0. The summed E-state index contributed by atoms with van der Waals surface area (Å²) in [5, 5.41) is 7.46. The summed E-state index contributed by atoms with van der Waals surface area (Å²) >= 11 is 0. The second-order valence-corrected chi connectivity index (χ2v) is 5.03. The molecule has 0 bridgehead atoms. The molecule has 14 heavy (non-hydrogen) atoms. The Morgan fingerprint density at radius 2 is 1.79 bits per heavy atom. The molecule has 0 amide bonds. The Morgan fingerprint density at radius 1 is 1.29 bits per heavy atom. The van der Waals surface area contributed by atoms with E-state index < -0.39 is 6.23 Å². The smallest absolute Gasteiger partial charge is 0.213 e. The van der Waals surface area contributed by atoms with Gasteiger partial charge in [-0.05, 0) is 20.3 Å². The Labute approximate surface area is 86.6 Å². The van der Waals surface area contributed by atoms with Crippen LogP contribution in [-0.4, -0.2) is 30.1 Å². The molecule has 4 nitrogen and oxygen atoms in total. The predicted molar refractivity (Wildman–Crippen MR) is 59.1 cm³/mol. The third-order valence-corrected chi connectivity index (χ3v) is 2.57. The van der Waals surface area contributed by atoms with E-state index in [4.69, 9.17) is 21.3 Å². The minimum absolute atomic E-state index is 0.204. The topological polar surface area (TPSA) is 84.2 Å². The lowest BCUT2D eigenvalue weighted by atomic mass is 9.88. The van der Waals surface area contributed by atoms with E-state index in [9.17, 15) is 0 Å². The lowest BCUT2D eigenvalue weighted by Gasteiger charge is -2.28. The van der Waals surface area contributed by atoms with Crippen LogP contribution >= 0.6 is 0 Å². The molecule has 0 aromatic rings. The van der Waals surface area contributed by atoms with E-state index >= 15 is 0 Å². The van der Waals surface area contributed by atoms with Gasteiger partial charge in [-0.1, -0.05) is 13.8 Å². The first-order chi connectivity index (χ1) is 6.21. The van der Waals surface area contributed by atoms with Crippen LogP contribution in [0.4, 0.5) is 0 Å². The molecule has 0 aliphatic rings. The molecule has 0 fully saturated rings. The first-order valence-corrected chi connectivity index (χ1v) is 5.02. The lowest BCUT2D eigenvalue weighted by molar-refractivity contribution is -0.0401. The highest BCUT2D eigenvalue weighted by Crippen LogP contribution is 2.23. The van der Waals surface area contributed by atoms with E-state index in [2.05, 4.69) is 0 Å². The van der Waals surface area contributed by atoms with Crippen LogP contribution in [0, 0.1) is 5.41 Å². The maximum absolute atomic E-state index is 7.46. The van der Waals surface area contributed by atoms with Crippen LogP contribution < -0.4 is 11.5 Å². The van der Waals surface area contributed by atoms with Gasteiger partial charge in [-0.3, -0.25) is 5.73 Å². The zero-order valence-corrected chi connectivity index (χ0v) is 9.76. The number of hydrogen-bond acceptors (Lipinski definition) is 3. The van der Waals surface area contributed by atoms with Gasteiger partial charge in [0.2, 0.25) is 6.23 Å². The molecular formula is C10H25N2O2+. The van der Waals surface area contributed by atoms with E-state index in [1.54, 1.807) is 0 Å². The normalized spacial score (nSPS) is 15.6. The Hall–Kier alpha value is -0.160.